The SMILES string of the molecule is CN=C(NCCOc1ccc(F)c(F)c1)NCc1ccsc1. The summed E-state index contributed by atoms with van der Waals surface area (Å²) in [5, 5.41) is 10.3. The molecule has 0 spiro atoms. The third kappa shape index (κ3) is 5.00. The molecule has 0 aliphatic heterocycles. The lowest BCUT2D eigenvalue weighted by atomic mass is 10.3. The molecular weight excluding hydrogens is 308 g/mol. The first-order valence-corrected chi connectivity index (χ1v) is 7.67. The van der Waals surface area contributed by atoms with E-state index in [2.05, 4.69) is 21.0 Å². The van der Waals surface area contributed by atoms with Crippen molar-refractivity contribution in [1.29, 1.82) is 0 Å². The molecule has 2 aromatic rings. The van der Waals surface area contributed by atoms with E-state index in [0.29, 0.717) is 31.4 Å². The molecule has 0 aliphatic rings. The van der Waals surface area contributed by atoms with Crippen molar-refractivity contribution in [2.24, 2.45) is 4.99 Å². The van der Waals surface area contributed by atoms with Gasteiger partial charge in [0.25, 0.3) is 0 Å². The highest BCUT2D eigenvalue weighted by molar-refractivity contribution is 7.07. The van der Waals surface area contributed by atoms with Crippen molar-refractivity contribution in [1.82, 2.24) is 10.6 Å². The molecule has 2 N–H and O–H groups in total. The van der Waals surface area contributed by atoms with Crippen molar-refractivity contribution in [2.75, 3.05) is 20.2 Å². The molecule has 0 bridgehead atoms. The van der Waals surface area contributed by atoms with E-state index in [1.807, 2.05) is 11.4 Å². The zero-order valence-corrected chi connectivity index (χ0v) is 12.9. The fraction of sp³-hybridized carbons (Fsp3) is 0.267. The van der Waals surface area contributed by atoms with E-state index in [1.165, 1.54) is 11.6 Å². The first-order chi connectivity index (χ1) is 10.7. The minimum absolute atomic E-state index is 0.293. The zero-order chi connectivity index (χ0) is 15.8. The highest BCUT2D eigenvalue weighted by Crippen LogP contribution is 2.14. The standard InChI is InChI=1S/C15H17F2N3OS/c1-18-15(20-9-11-4-7-22-10-11)19-5-6-21-12-2-3-13(16)14(17)8-12/h2-4,7-8,10H,5-6,9H2,1H3,(H2,18,19,20). The van der Waals surface area contributed by atoms with Gasteiger partial charge >= 0.3 is 0 Å². The smallest absolute Gasteiger partial charge is 0.191 e. The Morgan fingerprint density at radius 3 is 2.77 bits per heavy atom. The number of hydrogen-bond donors (Lipinski definition) is 2. The number of rotatable bonds is 6. The zero-order valence-electron chi connectivity index (χ0n) is 12.1. The molecule has 0 saturated heterocycles. The number of halogens is 2. The van der Waals surface area contributed by atoms with Gasteiger partial charge in [0.05, 0.1) is 6.54 Å². The second kappa shape index (κ2) is 8.33. The van der Waals surface area contributed by atoms with Crippen LogP contribution in [0.2, 0.25) is 0 Å². The van der Waals surface area contributed by atoms with Crippen LogP contribution in [0.15, 0.2) is 40.0 Å². The maximum absolute atomic E-state index is 13.0. The lowest BCUT2D eigenvalue weighted by Crippen LogP contribution is -2.38. The summed E-state index contributed by atoms with van der Waals surface area (Å²) in [7, 11) is 1.68. The van der Waals surface area contributed by atoms with Crippen LogP contribution in [0, 0.1) is 11.6 Å². The van der Waals surface area contributed by atoms with Crippen molar-refractivity contribution in [3.8, 4) is 5.75 Å². The summed E-state index contributed by atoms with van der Waals surface area (Å²) in [5.41, 5.74) is 1.19. The number of benzene rings is 1. The fourth-order valence-electron chi connectivity index (χ4n) is 1.70. The first-order valence-electron chi connectivity index (χ1n) is 6.72. The Kier molecular flexibility index (Phi) is 6.14. The van der Waals surface area contributed by atoms with E-state index in [1.54, 1.807) is 18.4 Å². The summed E-state index contributed by atoms with van der Waals surface area (Å²) < 4.78 is 31.1. The molecule has 118 valence electrons. The average Bonchev–Trinajstić information content (AvgIpc) is 3.03. The lowest BCUT2D eigenvalue weighted by molar-refractivity contribution is 0.318. The predicted octanol–water partition coefficient (Wildman–Crippen LogP) is 2.77. The minimum Gasteiger partial charge on any atom is -0.492 e. The van der Waals surface area contributed by atoms with Gasteiger partial charge in [-0.15, -0.1) is 0 Å². The van der Waals surface area contributed by atoms with Crippen molar-refractivity contribution in [3.63, 3.8) is 0 Å². The van der Waals surface area contributed by atoms with Gasteiger partial charge in [-0.25, -0.2) is 8.78 Å². The van der Waals surface area contributed by atoms with E-state index in [0.717, 1.165) is 12.1 Å². The van der Waals surface area contributed by atoms with Crippen molar-refractivity contribution in [2.45, 2.75) is 6.54 Å². The molecule has 0 unspecified atom stereocenters. The maximum Gasteiger partial charge on any atom is 0.191 e. The molecule has 0 radical (unpaired) electrons. The van der Waals surface area contributed by atoms with Gasteiger partial charge in [-0.1, -0.05) is 0 Å². The topological polar surface area (TPSA) is 45.7 Å². The van der Waals surface area contributed by atoms with Gasteiger partial charge in [0.2, 0.25) is 0 Å². The quantitative estimate of drug-likeness (QED) is 0.488. The molecule has 1 aromatic carbocycles. The van der Waals surface area contributed by atoms with Crippen molar-refractivity contribution < 1.29 is 13.5 Å². The van der Waals surface area contributed by atoms with E-state index in [4.69, 9.17) is 4.74 Å². The molecule has 1 heterocycles. The number of ether oxygens (including phenoxy) is 1. The van der Waals surface area contributed by atoms with Crippen LogP contribution < -0.4 is 15.4 Å². The number of nitrogens with zero attached hydrogens (tertiary/aromatic N) is 1. The second-order valence-corrected chi connectivity index (χ2v) is 5.19. The van der Waals surface area contributed by atoms with Gasteiger partial charge in [-0.05, 0) is 34.5 Å². The van der Waals surface area contributed by atoms with Crippen LogP contribution in [0.5, 0.6) is 5.75 Å². The average molecular weight is 325 g/mol. The van der Waals surface area contributed by atoms with Crippen molar-refractivity contribution in [3.05, 3.63) is 52.2 Å². The fourth-order valence-corrected chi connectivity index (χ4v) is 2.37. The number of thiophene rings is 1. The van der Waals surface area contributed by atoms with Gasteiger partial charge in [-0.3, -0.25) is 4.99 Å². The summed E-state index contributed by atoms with van der Waals surface area (Å²) in [6.45, 7) is 1.49. The molecule has 0 saturated carbocycles. The van der Waals surface area contributed by atoms with Gasteiger partial charge in [-0.2, -0.15) is 11.3 Å². The largest absolute Gasteiger partial charge is 0.492 e. The molecule has 0 amide bonds. The van der Waals surface area contributed by atoms with E-state index >= 15 is 0 Å². The predicted molar refractivity (Wildman–Crippen MR) is 84.4 cm³/mol. The maximum atomic E-state index is 13.0. The molecule has 2 rings (SSSR count). The Hall–Kier alpha value is -2.15. The van der Waals surface area contributed by atoms with Gasteiger partial charge < -0.3 is 15.4 Å². The summed E-state index contributed by atoms with van der Waals surface area (Å²) in [6.07, 6.45) is 0. The molecule has 22 heavy (non-hydrogen) atoms. The number of hydrogen-bond acceptors (Lipinski definition) is 3. The van der Waals surface area contributed by atoms with Crippen LogP contribution in [-0.4, -0.2) is 26.2 Å². The molecule has 0 fully saturated rings. The molecule has 0 atom stereocenters. The Labute approximate surface area is 131 Å². The molecule has 7 heteroatoms. The summed E-state index contributed by atoms with van der Waals surface area (Å²) >= 11 is 1.64. The van der Waals surface area contributed by atoms with E-state index in [9.17, 15) is 8.78 Å². The third-order valence-electron chi connectivity index (χ3n) is 2.82. The summed E-state index contributed by atoms with van der Waals surface area (Å²) in [5.74, 6) is -0.857. The third-order valence-corrected chi connectivity index (χ3v) is 3.55. The molecule has 4 nitrogen and oxygen atoms in total. The number of guanidine groups is 1. The van der Waals surface area contributed by atoms with Gasteiger partial charge in [0, 0.05) is 19.7 Å². The number of aliphatic imine (C=N–C) groups is 1. The summed E-state index contributed by atoms with van der Waals surface area (Å²) in [4.78, 5) is 4.09. The number of nitrogens with one attached hydrogen (secondary N) is 2. The second-order valence-electron chi connectivity index (χ2n) is 4.41. The van der Waals surface area contributed by atoms with Crippen LogP contribution in [0.25, 0.3) is 0 Å². The Morgan fingerprint density at radius 1 is 1.23 bits per heavy atom. The monoisotopic (exact) mass is 325 g/mol. The Balaban J connectivity index is 1.69. The van der Waals surface area contributed by atoms with Gasteiger partial charge in [0.1, 0.15) is 12.4 Å². The first kappa shape index (κ1) is 16.2. The molecular formula is C15H17F2N3OS. The Bertz CT molecular complexity index is 617. The highest BCUT2D eigenvalue weighted by Gasteiger charge is 2.03. The molecule has 0 aliphatic carbocycles. The van der Waals surface area contributed by atoms with Crippen LogP contribution >= 0.6 is 11.3 Å². The summed E-state index contributed by atoms with van der Waals surface area (Å²) in [6, 6.07) is 5.50. The van der Waals surface area contributed by atoms with Crippen LogP contribution in [0.4, 0.5) is 8.78 Å². The Morgan fingerprint density at radius 2 is 2.09 bits per heavy atom. The van der Waals surface area contributed by atoms with E-state index < -0.39 is 11.6 Å². The van der Waals surface area contributed by atoms with Crippen LogP contribution in [-0.2, 0) is 6.54 Å². The highest BCUT2D eigenvalue weighted by atomic mass is 32.1. The minimum atomic E-state index is -0.918. The van der Waals surface area contributed by atoms with E-state index in [-0.39, 0.29) is 0 Å². The van der Waals surface area contributed by atoms with Gasteiger partial charge in [0.15, 0.2) is 17.6 Å². The normalized spacial score (nSPS) is 11.3. The molecule has 1 aromatic heterocycles. The van der Waals surface area contributed by atoms with Crippen LogP contribution in [0.1, 0.15) is 5.56 Å². The van der Waals surface area contributed by atoms with Crippen LogP contribution in [0.3, 0.4) is 0 Å². The van der Waals surface area contributed by atoms with Crippen molar-refractivity contribution >= 4 is 17.3 Å². The lowest BCUT2D eigenvalue weighted by Gasteiger charge is -2.12.